The summed E-state index contributed by atoms with van der Waals surface area (Å²) in [4.78, 5) is 10.9. The minimum atomic E-state index is -0.295. The fourth-order valence-electron chi connectivity index (χ4n) is 1.28. The summed E-state index contributed by atoms with van der Waals surface area (Å²) in [5.74, 6) is -0.295. The Kier molecular flexibility index (Phi) is 4.37. The number of benzene rings is 1. The molecular formula is C12H13ClO2. The highest BCUT2D eigenvalue weighted by Gasteiger charge is 2.12. The van der Waals surface area contributed by atoms with Crippen molar-refractivity contribution in [3.63, 3.8) is 0 Å². The molecule has 0 amide bonds. The van der Waals surface area contributed by atoms with Gasteiger partial charge < -0.3 is 4.74 Å². The minimum Gasteiger partial charge on any atom is -0.457 e. The molecule has 3 heteroatoms. The zero-order valence-electron chi connectivity index (χ0n) is 8.57. The molecule has 0 radical (unpaired) electrons. The summed E-state index contributed by atoms with van der Waals surface area (Å²) in [6, 6.07) is 7.24. The van der Waals surface area contributed by atoms with Gasteiger partial charge in [-0.05, 0) is 17.7 Å². The van der Waals surface area contributed by atoms with Gasteiger partial charge in [-0.1, -0.05) is 29.8 Å². The van der Waals surface area contributed by atoms with E-state index in [1.807, 2.05) is 12.1 Å². The summed E-state index contributed by atoms with van der Waals surface area (Å²) < 4.78 is 5.16. The predicted molar refractivity (Wildman–Crippen MR) is 60.8 cm³/mol. The maximum Gasteiger partial charge on any atom is 0.303 e. The highest BCUT2D eigenvalue weighted by molar-refractivity contribution is 6.30. The summed E-state index contributed by atoms with van der Waals surface area (Å²) in [5, 5.41) is 0.666. The molecule has 0 saturated heterocycles. The first kappa shape index (κ1) is 11.8. The van der Waals surface area contributed by atoms with E-state index < -0.39 is 0 Å². The molecule has 1 rings (SSSR count). The number of esters is 1. The van der Waals surface area contributed by atoms with Crippen molar-refractivity contribution in [2.24, 2.45) is 0 Å². The zero-order valence-corrected chi connectivity index (χ0v) is 9.33. The molecule has 1 atom stereocenters. The van der Waals surface area contributed by atoms with E-state index in [-0.39, 0.29) is 12.1 Å². The van der Waals surface area contributed by atoms with Crippen molar-refractivity contribution in [2.75, 3.05) is 0 Å². The maximum absolute atomic E-state index is 10.9. The van der Waals surface area contributed by atoms with Crippen LogP contribution in [0.2, 0.25) is 5.02 Å². The molecular weight excluding hydrogens is 212 g/mol. The second-order valence-electron chi connectivity index (χ2n) is 3.17. The number of hydrogen-bond acceptors (Lipinski definition) is 2. The van der Waals surface area contributed by atoms with E-state index in [1.54, 1.807) is 18.2 Å². The molecule has 0 bridgehead atoms. The van der Waals surface area contributed by atoms with Gasteiger partial charge in [0, 0.05) is 18.4 Å². The van der Waals surface area contributed by atoms with Crippen molar-refractivity contribution in [2.45, 2.75) is 19.4 Å². The molecule has 0 fully saturated rings. The quantitative estimate of drug-likeness (QED) is 0.578. The Balaban J connectivity index is 2.83. The lowest BCUT2D eigenvalue weighted by Crippen LogP contribution is -2.07. The van der Waals surface area contributed by atoms with Gasteiger partial charge in [-0.25, -0.2) is 0 Å². The van der Waals surface area contributed by atoms with Gasteiger partial charge >= 0.3 is 5.97 Å². The third kappa shape index (κ3) is 3.76. The van der Waals surface area contributed by atoms with Gasteiger partial charge in [0.1, 0.15) is 6.10 Å². The fraction of sp³-hybridized carbons (Fsp3) is 0.250. The fourth-order valence-corrected chi connectivity index (χ4v) is 1.41. The van der Waals surface area contributed by atoms with Gasteiger partial charge in [0.2, 0.25) is 0 Å². The van der Waals surface area contributed by atoms with Gasteiger partial charge in [-0.3, -0.25) is 4.79 Å². The van der Waals surface area contributed by atoms with Crippen LogP contribution in [0.3, 0.4) is 0 Å². The van der Waals surface area contributed by atoms with E-state index in [4.69, 9.17) is 16.3 Å². The Morgan fingerprint density at radius 1 is 1.53 bits per heavy atom. The lowest BCUT2D eigenvalue weighted by molar-refractivity contribution is -0.146. The second kappa shape index (κ2) is 5.56. The van der Waals surface area contributed by atoms with E-state index >= 15 is 0 Å². The molecule has 0 aromatic heterocycles. The van der Waals surface area contributed by atoms with Gasteiger partial charge in [-0.2, -0.15) is 0 Å². The number of carbonyl (C=O) groups excluding carboxylic acids is 1. The van der Waals surface area contributed by atoms with Crippen molar-refractivity contribution in [1.29, 1.82) is 0 Å². The maximum atomic E-state index is 10.9. The molecule has 1 aromatic rings. The molecule has 0 aliphatic carbocycles. The SMILES string of the molecule is C=CCC(OC(C)=O)c1ccc(Cl)cc1. The molecule has 0 heterocycles. The topological polar surface area (TPSA) is 26.3 Å². The molecule has 2 nitrogen and oxygen atoms in total. The van der Waals surface area contributed by atoms with E-state index in [1.165, 1.54) is 6.92 Å². The summed E-state index contributed by atoms with van der Waals surface area (Å²) in [6.07, 6.45) is 2.06. The summed E-state index contributed by atoms with van der Waals surface area (Å²) in [5.41, 5.74) is 0.925. The average Bonchev–Trinajstić information content (AvgIpc) is 2.17. The molecule has 1 unspecified atom stereocenters. The average molecular weight is 225 g/mol. The Bertz CT molecular complexity index is 343. The van der Waals surface area contributed by atoms with Crippen LogP contribution >= 0.6 is 11.6 Å². The van der Waals surface area contributed by atoms with E-state index in [2.05, 4.69) is 6.58 Å². The van der Waals surface area contributed by atoms with Crippen LogP contribution < -0.4 is 0 Å². The lowest BCUT2D eigenvalue weighted by atomic mass is 10.1. The van der Waals surface area contributed by atoms with Crippen molar-refractivity contribution in [3.8, 4) is 0 Å². The molecule has 15 heavy (non-hydrogen) atoms. The summed E-state index contributed by atoms with van der Waals surface area (Å²) in [7, 11) is 0. The molecule has 0 spiro atoms. The molecule has 0 aliphatic heterocycles. The smallest absolute Gasteiger partial charge is 0.303 e. The van der Waals surface area contributed by atoms with E-state index in [0.717, 1.165) is 5.56 Å². The predicted octanol–water partition coefficient (Wildman–Crippen LogP) is 3.52. The van der Waals surface area contributed by atoms with Crippen LogP contribution in [0.25, 0.3) is 0 Å². The van der Waals surface area contributed by atoms with Gasteiger partial charge in [-0.15, -0.1) is 6.58 Å². The van der Waals surface area contributed by atoms with Crippen molar-refractivity contribution in [1.82, 2.24) is 0 Å². The number of halogens is 1. The van der Waals surface area contributed by atoms with Crippen LogP contribution in [-0.2, 0) is 9.53 Å². The third-order valence-corrected chi connectivity index (χ3v) is 2.18. The van der Waals surface area contributed by atoms with Crippen LogP contribution in [-0.4, -0.2) is 5.97 Å². The summed E-state index contributed by atoms with van der Waals surface area (Å²) >= 11 is 5.77. The normalized spacial score (nSPS) is 11.9. The largest absolute Gasteiger partial charge is 0.457 e. The van der Waals surface area contributed by atoms with Crippen molar-refractivity contribution < 1.29 is 9.53 Å². The minimum absolute atomic E-state index is 0.266. The highest BCUT2D eigenvalue weighted by atomic mass is 35.5. The first-order valence-corrected chi connectivity index (χ1v) is 5.05. The van der Waals surface area contributed by atoms with Gasteiger partial charge in [0.15, 0.2) is 0 Å². The summed E-state index contributed by atoms with van der Waals surface area (Å²) in [6.45, 7) is 5.03. The first-order valence-electron chi connectivity index (χ1n) is 4.67. The van der Waals surface area contributed by atoms with E-state index in [0.29, 0.717) is 11.4 Å². The molecule has 1 aromatic carbocycles. The number of carbonyl (C=O) groups is 1. The van der Waals surface area contributed by atoms with Crippen molar-refractivity contribution in [3.05, 3.63) is 47.5 Å². The molecule has 0 N–H and O–H groups in total. The Labute approximate surface area is 94.5 Å². The monoisotopic (exact) mass is 224 g/mol. The zero-order chi connectivity index (χ0) is 11.3. The number of hydrogen-bond donors (Lipinski definition) is 0. The van der Waals surface area contributed by atoms with Crippen LogP contribution in [0.15, 0.2) is 36.9 Å². The number of rotatable bonds is 4. The Morgan fingerprint density at radius 2 is 2.13 bits per heavy atom. The Morgan fingerprint density at radius 3 is 2.60 bits per heavy atom. The lowest BCUT2D eigenvalue weighted by Gasteiger charge is -2.15. The third-order valence-electron chi connectivity index (χ3n) is 1.93. The highest BCUT2D eigenvalue weighted by Crippen LogP contribution is 2.23. The van der Waals surface area contributed by atoms with Crippen LogP contribution in [0, 0.1) is 0 Å². The second-order valence-corrected chi connectivity index (χ2v) is 3.61. The first-order chi connectivity index (χ1) is 7.13. The standard InChI is InChI=1S/C12H13ClO2/c1-3-4-12(15-9(2)14)10-5-7-11(13)8-6-10/h3,5-8,12H,1,4H2,2H3. The van der Waals surface area contributed by atoms with Gasteiger partial charge in [0.25, 0.3) is 0 Å². The van der Waals surface area contributed by atoms with Crippen molar-refractivity contribution >= 4 is 17.6 Å². The molecule has 80 valence electrons. The molecule has 0 aliphatic rings. The van der Waals surface area contributed by atoms with Crippen LogP contribution in [0.4, 0.5) is 0 Å². The van der Waals surface area contributed by atoms with Gasteiger partial charge in [0.05, 0.1) is 0 Å². The van der Waals surface area contributed by atoms with Crippen LogP contribution in [0.5, 0.6) is 0 Å². The molecule has 0 saturated carbocycles. The Hall–Kier alpha value is -1.28. The van der Waals surface area contributed by atoms with Crippen LogP contribution in [0.1, 0.15) is 25.0 Å². The number of ether oxygens (including phenoxy) is 1. The van der Waals surface area contributed by atoms with E-state index in [9.17, 15) is 4.79 Å².